The zero-order chi connectivity index (χ0) is 14.8. The van der Waals surface area contributed by atoms with Crippen LogP contribution in [0.4, 0.5) is 0 Å². The van der Waals surface area contributed by atoms with E-state index in [-0.39, 0.29) is 17.4 Å². The van der Waals surface area contributed by atoms with E-state index >= 15 is 0 Å². The Balaban J connectivity index is 1.97. The quantitative estimate of drug-likeness (QED) is 0.929. The van der Waals surface area contributed by atoms with E-state index in [9.17, 15) is 13.5 Å². The molecule has 1 aromatic carbocycles. The Kier molecular flexibility index (Phi) is 4.70. The predicted molar refractivity (Wildman–Crippen MR) is 80.3 cm³/mol. The molecule has 1 aliphatic heterocycles. The van der Waals surface area contributed by atoms with Gasteiger partial charge in [-0.3, -0.25) is 0 Å². The molecule has 5 heteroatoms. The van der Waals surface area contributed by atoms with Crippen LogP contribution < -0.4 is 0 Å². The Labute approximate surface area is 121 Å². The minimum absolute atomic E-state index is 0.162. The van der Waals surface area contributed by atoms with Gasteiger partial charge in [-0.15, -0.1) is 0 Å². The molecule has 0 radical (unpaired) electrons. The minimum Gasteiger partial charge on any atom is -0.508 e. The van der Waals surface area contributed by atoms with Gasteiger partial charge in [-0.25, -0.2) is 12.7 Å². The maximum absolute atomic E-state index is 12.2. The molecule has 4 nitrogen and oxygen atoms in total. The summed E-state index contributed by atoms with van der Waals surface area (Å²) in [6, 6.07) is 7.24. The lowest BCUT2D eigenvalue weighted by Crippen LogP contribution is -2.40. The molecule has 112 valence electrons. The molecular formula is C15H23NO3S. The summed E-state index contributed by atoms with van der Waals surface area (Å²) < 4.78 is 26.0. The molecular weight excluding hydrogens is 274 g/mol. The second-order valence-corrected chi connectivity index (χ2v) is 7.95. The Morgan fingerprint density at radius 1 is 1.20 bits per heavy atom. The Morgan fingerprint density at radius 2 is 1.75 bits per heavy atom. The van der Waals surface area contributed by atoms with Crippen LogP contribution in [0.25, 0.3) is 0 Å². The predicted octanol–water partition coefficient (Wildman–Crippen LogP) is 2.56. The van der Waals surface area contributed by atoms with Crippen molar-refractivity contribution in [1.82, 2.24) is 4.31 Å². The van der Waals surface area contributed by atoms with Crippen LogP contribution >= 0.6 is 0 Å². The molecule has 0 amide bonds. The van der Waals surface area contributed by atoms with Crippen molar-refractivity contribution in [1.29, 1.82) is 0 Å². The van der Waals surface area contributed by atoms with Gasteiger partial charge in [-0.1, -0.05) is 26.0 Å². The minimum atomic E-state index is -3.10. The average Bonchev–Trinajstić information content (AvgIpc) is 2.38. The summed E-state index contributed by atoms with van der Waals surface area (Å²) in [5, 5.41) is 9.30. The molecule has 0 unspecified atom stereocenters. The van der Waals surface area contributed by atoms with E-state index in [0.29, 0.717) is 19.0 Å². The maximum atomic E-state index is 12.2. The van der Waals surface area contributed by atoms with Gasteiger partial charge >= 0.3 is 0 Å². The smallest absolute Gasteiger partial charge is 0.214 e. The lowest BCUT2D eigenvalue weighted by Gasteiger charge is -2.31. The third-order valence-corrected chi connectivity index (χ3v) is 6.00. The zero-order valence-electron chi connectivity index (χ0n) is 12.1. The fourth-order valence-electron chi connectivity index (χ4n) is 2.74. The number of sulfonamides is 1. The van der Waals surface area contributed by atoms with E-state index in [1.807, 2.05) is 26.0 Å². The summed E-state index contributed by atoms with van der Waals surface area (Å²) in [5.41, 5.74) is 1.18. The number of phenolic OH excluding ortho intramolecular Hbond substituents is 1. The molecule has 1 N–H and O–H groups in total. The Morgan fingerprint density at radius 3 is 2.25 bits per heavy atom. The van der Waals surface area contributed by atoms with Crippen LogP contribution in [0.2, 0.25) is 0 Å². The van der Waals surface area contributed by atoms with Crippen molar-refractivity contribution in [2.45, 2.75) is 32.6 Å². The van der Waals surface area contributed by atoms with E-state index in [0.717, 1.165) is 12.8 Å². The van der Waals surface area contributed by atoms with E-state index < -0.39 is 10.0 Å². The summed E-state index contributed by atoms with van der Waals surface area (Å²) in [6.07, 6.45) is 1.70. The molecule has 1 aromatic rings. The number of nitrogens with zero attached hydrogens (tertiary/aromatic N) is 1. The van der Waals surface area contributed by atoms with Crippen LogP contribution in [0.1, 0.15) is 38.2 Å². The van der Waals surface area contributed by atoms with Crippen molar-refractivity contribution in [3.8, 4) is 5.75 Å². The number of phenols is 1. The summed E-state index contributed by atoms with van der Waals surface area (Å²) in [7, 11) is -3.10. The van der Waals surface area contributed by atoms with E-state index in [1.54, 1.807) is 16.4 Å². The topological polar surface area (TPSA) is 57.6 Å². The summed E-state index contributed by atoms with van der Waals surface area (Å²) in [5.74, 6) is 1.05. The molecule has 0 atom stereocenters. The summed E-state index contributed by atoms with van der Waals surface area (Å²) in [6.45, 7) is 5.06. The van der Waals surface area contributed by atoms with Crippen LogP contribution in [0.15, 0.2) is 24.3 Å². The van der Waals surface area contributed by atoms with Crippen LogP contribution in [0.5, 0.6) is 5.75 Å². The highest BCUT2D eigenvalue weighted by atomic mass is 32.2. The standard InChI is InChI=1S/C15H23NO3S/c1-12(2)11-20(18,19)16-9-7-14(8-10-16)13-3-5-15(17)6-4-13/h3-6,12,14,17H,7-11H2,1-2H3. The SMILES string of the molecule is CC(C)CS(=O)(=O)N1CCC(c2ccc(O)cc2)CC1. The number of benzene rings is 1. The van der Waals surface area contributed by atoms with Crippen molar-refractivity contribution in [3.63, 3.8) is 0 Å². The molecule has 0 aliphatic carbocycles. The van der Waals surface area contributed by atoms with Gasteiger partial charge in [-0.05, 0) is 42.4 Å². The highest BCUT2D eigenvalue weighted by Gasteiger charge is 2.28. The third-order valence-electron chi connectivity index (χ3n) is 3.76. The van der Waals surface area contributed by atoms with Gasteiger partial charge in [0.05, 0.1) is 5.75 Å². The third kappa shape index (κ3) is 3.73. The van der Waals surface area contributed by atoms with E-state index in [4.69, 9.17) is 0 Å². The lowest BCUT2D eigenvalue weighted by molar-refractivity contribution is 0.318. The monoisotopic (exact) mass is 297 g/mol. The Hall–Kier alpha value is -1.07. The number of piperidine rings is 1. The summed E-state index contributed by atoms with van der Waals surface area (Å²) in [4.78, 5) is 0. The molecule has 0 aromatic heterocycles. The van der Waals surface area contributed by atoms with Gasteiger partial charge in [0.2, 0.25) is 10.0 Å². The normalized spacial score (nSPS) is 18.6. The molecule has 20 heavy (non-hydrogen) atoms. The second-order valence-electron chi connectivity index (χ2n) is 5.94. The largest absolute Gasteiger partial charge is 0.508 e. The van der Waals surface area contributed by atoms with Crippen LogP contribution in [-0.2, 0) is 10.0 Å². The average molecular weight is 297 g/mol. The van der Waals surface area contributed by atoms with Crippen molar-refractivity contribution in [3.05, 3.63) is 29.8 Å². The molecule has 1 aliphatic rings. The van der Waals surface area contributed by atoms with Gasteiger partial charge in [0.25, 0.3) is 0 Å². The van der Waals surface area contributed by atoms with Gasteiger partial charge in [0.1, 0.15) is 5.75 Å². The first-order chi connectivity index (χ1) is 9.38. The fourth-order valence-corrected chi connectivity index (χ4v) is 4.56. The number of hydrogen-bond acceptors (Lipinski definition) is 3. The van der Waals surface area contributed by atoms with Crippen molar-refractivity contribution < 1.29 is 13.5 Å². The fraction of sp³-hybridized carbons (Fsp3) is 0.600. The highest BCUT2D eigenvalue weighted by Crippen LogP contribution is 2.30. The number of hydrogen-bond donors (Lipinski definition) is 1. The van der Waals surface area contributed by atoms with Crippen LogP contribution in [0.3, 0.4) is 0 Å². The van der Waals surface area contributed by atoms with Gasteiger partial charge in [0, 0.05) is 13.1 Å². The Bertz CT molecular complexity index is 529. The van der Waals surface area contributed by atoms with Gasteiger partial charge in [0.15, 0.2) is 0 Å². The lowest BCUT2D eigenvalue weighted by atomic mass is 9.90. The zero-order valence-corrected chi connectivity index (χ0v) is 12.9. The number of aromatic hydroxyl groups is 1. The number of rotatable bonds is 4. The van der Waals surface area contributed by atoms with Gasteiger partial charge in [-0.2, -0.15) is 0 Å². The molecule has 1 saturated heterocycles. The molecule has 2 rings (SSSR count). The first kappa shape index (κ1) is 15.3. The van der Waals surface area contributed by atoms with Crippen LogP contribution in [-0.4, -0.2) is 36.7 Å². The van der Waals surface area contributed by atoms with Crippen LogP contribution in [0, 0.1) is 5.92 Å². The highest BCUT2D eigenvalue weighted by molar-refractivity contribution is 7.89. The first-order valence-electron chi connectivity index (χ1n) is 7.15. The molecule has 0 saturated carbocycles. The van der Waals surface area contributed by atoms with E-state index in [1.165, 1.54) is 5.56 Å². The van der Waals surface area contributed by atoms with Crippen molar-refractivity contribution in [2.24, 2.45) is 5.92 Å². The maximum Gasteiger partial charge on any atom is 0.214 e. The van der Waals surface area contributed by atoms with Gasteiger partial charge < -0.3 is 5.11 Å². The van der Waals surface area contributed by atoms with Crippen molar-refractivity contribution in [2.75, 3.05) is 18.8 Å². The van der Waals surface area contributed by atoms with E-state index in [2.05, 4.69) is 0 Å². The first-order valence-corrected chi connectivity index (χ1v) is 8.76. The second kappa shape index (κ2) is 6.14. The van der Waals surface area contributed by atoms with Crippen molar-refractivity contribution >= 4 is 10.0 Å². The molecule has 0 spiro atoms. The molecule has 1 heterocycles. The summed E-state index contributed by atoms with van der Waals surface area (Å²) >= 11 is 0. The molecule has 0 bridgehead atoms. The molecule has 1 fully saturated rings.